The summed E-state index contributed by atoms with van der Waals surface area (Å²) in [6.45, 7) is 1.92. The Balaban J connectivity index is 2.24. The van der Waals surface area contributed by atoms with Crippen molar-refractivity contribution >= 4 is 17.2 Å². The number of imidazole rings is 1. The zero-order valence-electron chi connectivity index (χ0n) is 12.3. The molecule has 0 amide bonds. The number of aryl methyl sites for hydroxylation is 1. The van der Waals surface area contributed by atoms with E-state index in [2.05, 4.69) is 4.98 Å². The van der Waals surface area contributed by atoms with E-state index in [0.717, 1.165) is 11.3 Å². The van der Waals surface area contributed by atoms with Gasteiger partial charge in [-0.1, -0.05) is 11.6 Å². The zero-order valence-corrected chi connectivity index (χ0v) is 12.3. The van der Waals surface area contributed by atoms with Crippen molar-refractivity contribution in [3.8, 4) is 11.3 Å². The zero-order chi connectivity index (χ0) is 15.1. The number of hydrogen-bond donors (Lipinski definition) is 1. The predicted molar refractivity (Wildman–Crippen MR) is 84.1 cm³/mol. The van der Waals surface area contributed by atoms with Gasteiger partial charge in [0.25, 0.3) is 0 Å². The number of fused-ring (bicyclic) bond motifs is 1. The highest BCUT2D eigenvalue weighted by atomic mass is 19.1. The molecule has 3 aromatic rings. The Morgan fingerprint density at radius 3 is 2.67 bits per heavy atom. The topological polar surface area (TPSA) is 46.6 Å². The molecule has 0 unspecified atom stereocenters. The average Bonchev–Trinajstić information content (AvgIpc) is 2.78. The maximum absolute atomic E-state index is 14.1. The maximum Gasteiger partial charge on any atom is 0.139 e. The van der Waals surface area contributed by atoms with E-state index >= 15 is 0 Å². The van der Waals surface area contributed by atoms with Gasteiger partial charge < -0.3 is 10.6 Å². The predicted octanol–water partition coefficient (Wildman–Crippen LogP) is 3.10. The van der Waals surface area contributed by atoms with Crippen molar-refractivity contribution in [1.82, 2.24) is 9.38 Å². The lowest BCUT2D eigenvalue weighted by Crippen LogP contribution is -2.09. The molecule has 108 valence electrons. The number of pyridine rings is 1. The van der Waals surface area contributed by atoms with Crippen molar-refractivity contribution in [2.75, 3.05) is 24.7 Å². The first-order chi connectivity index (χ1) is 9.97. The Kier molecular flexibility index (Phi) is 3.05. The smallest absolute Gasteiger partial charge is 0.139 e. The minimum Gasteiger partial charge on any atom is -0.383 e. The standard InChI is InChI=1S/C16H17FN4/c1-10-4-6-13(17)12(8-10)15-16(18)21-9-11(20(2)3)5-7-14(21)19-15/h4-9H,18H2,1-3H3. The van der Waals surface area contributed by atoms with Gasteiger partial charge in [0, 0.05) is 25.9 Å². The molecule has 0 aliphatic carbocycles. The molecule has 5 heteroatoms. The second-order valence-electron chi connectivity index (χ2n) is 5.34. The molecule has 0 saturated carbocycles. The number of anilines is 2. The molecule has 1 aromatic carbocycles. The molecule has 3 rings (SSSR count). The Morgan fingerprint density at radius 2 is 1.95 bits per heavy atom. The quantitative estimate of drug-likeness (QED) is 0.786. The Bertz CT molecular complexity index is 821. The number of hydrogen-bond acceptors (Lipinski definition) is 3. The van der Waals surface area contributed by atoms with Crippen LogP contribution in [0.2, 0.25) is 0 Å². The van der Waals surface area contributed by atoms with Crippen LogP contribution in [0.25, 0.3) is 16.9 Å². The second-order valence-corrected chi connectivity index (χ2v) is 5.34. The summed E-state index contributed by atoms with van der Waals surface area (Å²) in [6, 6.07) is 8.77. The monoisotopic (exact) mass is 284 g/mol. The van der Waals surface area contributed by atoms with Crippen LogP contribution in [0.3, 0.4) is 0 Å². The van der Waals surface area contributed by atoms with Crippen LogP contribution in [0.4, 0.5) is 15.9 Å². The summed E-state index contributed by atoms with van der Waals surface area (Å²) in [5.41, 5.74) is 9.76. The molecule has 21 heavy (non-hydrogen) atoms. The first-order valence-corrected chi connectivity index (χ1v) is 6.69. The highest BCUT2D eigenvalue weighted by molar-refractivity contribution is 5.76. The minimum absolute atomic E-state index is 0.316. The number of nitrogen functional groups attached to an aromatic ring is 1. The summed E-state index contributed by atoms with van der Waals surface area (Å²) in [5.74, 6) is 0.127. The number of rotatable bonds is 2. The molecular formula is C16H17FN4. The van der Waals surface area contributed by atoms with Crippen LogP contribution < -0.4 is 10.6 Å². The molecule has 0 aliphatic rings. The van der Waals surface area contributed by atoms with Crippen LogP contribution in [-0.4, -0.2) is 23.5 Å². The van der Waals surface area contributed by atoms with Gasteiger partial charge in [-0.2, -0.15) is 0 Å². The third-order valence-electron chi connectivity index (χ3n) is 3.53. The average molecular weight is 284 g/mol. The molecule has 4 nitrogen and oxygen atoms in total. The van der Waals surface area contributed by atoms with Crippen LogP contribution in [0.5, 0.6) is 0 Å². The molecule has 0 spiro atoms. The van der Waals surface area contributed by atoms with E-state index in [9.17, 15) is 4.39 Å². The number of nitrogens with zero attached hydrogens (tertiary/aromatic N) is 3. The molecule has 2 N–H and O–H groups in total. The summed E-state index contributed by atoms with van der Waals surface area (Å²) < 4.78 is 15.8. The lowest BCUT2D eigenvalue weighted by molar-refractivity contribution is 0.630. The Hall–Kier alpha value is -2.56. The second kappa shape index (κ2) is 4.77. The van der Waals surface area contributed by atoms with Gasteiger partial charge in [0.05, 0.1) is 5.69 Å². The number of aromatic nitrogens is 2. The van der Waals surface area contributed by atoms with Crippen molar-refractivity contribution < 1.29 is 4.39 Å². The van der Waals surface area contributed by atoms with Crippen molar-refractivity contribution in [3.63, 3.8) is 0 Å². The van der Waals surface area contributed by atoms with Gasteiger partial charge in [-0.3, -0.25) is 4.40 Å². The van der Waals surface area contributed by atoms with Gasteiger partial charge in [0.15, 0.2) is 0 Å². The first-order valence-electron chi connectivity index (χ1n) is 6.69. The van der Waals surface area contributed by atoms with Crippen LogP contribution in [-0.2, 0) is 0 Å². The fourth-order valence-electron chi connectivity index (χ4n) is 2.33. The molecule has 0 atom stereocenters. The van der Waals surface area contributed by atoms with E-state index < -0.39 is 0 Å². The first kappa shape index (κ1) is 13.4. The van der Waals surface area contributed by atoms with E-state index in [0.29, 0.717) is 22.7 Å². The summed E-state index contributed by atoms with van der Waals surface area (Å²) in [5, 5.41) is 0. The summed E-state index contributed by atoms with van der Waals surface area (Å²) in [7, 11) is 3.91. The van der Waals surface area contributed by atoms with Crippen molar-refractivity contribution in [3.05, 3.63) is 47.9 Å². The summed E-state index contributed by atoms with van der Waals surface area (Å²) in [4.78, 5) is 6.44. The van der Waals surface area contributed by atoms with E-state index in [4.69, 9.17) is 5.73 Å². The number of halogens is 1. The Morgan fingerprint density at radius 1 is 1.19 bits per heavy atom. The molecule has 2 heterocycles. The van der Waals surface area contributed by atoms with E-state index in [1.807, 2.05) is 44.2 Å². The minimum atomic E-state index is -0.316. The number of nitrogens with two attached hydrogens (primary N) is 1. The summed E-state index contributed by atoms with van der Waals surface area (Å²) in [6.07, 6.45) is 1.90. The molecule has 0 radical (unpaired) electrons. The van der Waals surface area contributed by atoms with Gasteiger partial charge in [-0.15, -0.1) is 0 Å². The maximum atomic E-state index is 14.1. The fourth-order valence-corrected chi connectivity index (χ4v) is 2.33. The highest BCUT2D eigenvalue weighted by Crippen LogP contribution is 2.30. The van der Waals surface area contributed by atoms with E-state index in [1.165, 1.54) is 6.07 Å². The van der Waals surface area contributed by atoms with Crippen molar-refractivity contribution in [1.29, 1.82) is 0 Å². The van der Waals surface area contributed by atoms with Crippen molar-refractivity contribution in [2.24, 2.45) is 0 Å². The number of benzene rings is 1. The SMILES string of the molecule is Cc1ccc(F)c(-c2nc3ccc(N(C)C)cn3c2N)c1. The fraction of sp³-hybridized carbons (Fsp3) is 0.188. The summed E-state index contributed by atoms with van der Waals surface area (Å²) >= 11 is 0. The molecule has 2 aromatic heterocycles. The van der Waals surface area contributed by atoms with Gasteiger partial charge >= 0.3 is 0 Å². The molecule has 0 aliphatic heterocycles. The van der Waals surface area contributed by atoms with Crippen molar-refractivity contribution in [2.45, 2.75) is 6.92 Å². The largest absolute Gasteiger partial charge is 0.383 e. The van der Waals surface area contributed by atoms with Gasteiger partial charge in [-0.05, 0) is 31.2 Å². The Labute approximate surface area is 122 Å². The third kappa shape index (κ3) is 2.20. The van der Waals surface area contributed by atoms with Crippen LogP contribution in [0.1, 0.15) is 5.56 Å². The van der Waals surface area contributed by atoms with Gasteiger partial charge in [-0.25, -0.2) is 9.37 Å². The van der Waals surface area contributed by atoms with Crippen LogP contribution >= 0.6 is 0 Å². The molecule has 0 bridgehead atoms. The van der Waals surface area contributed by atoms with Crippen LogP contribution in [0.15, 0.2) is 36.5 Å². The molecule has 0 fully saturated rings. The van der Waals surface area contributed by atoms with E-state index in [1.54, 1.807) is 16.5 Å². The lowest BCUT2D eigenvalue weighted by Gasteiger charge is -2.12. The highest BCUT2D eigenvalue weighted by Gasteiger charge is 2.15. The van der Waals surface area contributed by atoms with E-state index in [-0.39, 0.29) is 5.82 Å². The normalized spacial score (nSPS) is 11.0. The van der Waals surface area contributed by atoms with Crippen LogP contribution in [0, 0.1) is 12.7 Å². The van der Waals surface area contributed by atoms with Gasteiger partial charge in [0.2, 0.25) is 0 Å². The molecule has 0 saturated heterocycles. The van der Waals surface area contributed by atoms with Gasteiger partial charge in [0.1, 0.15) is 23.0 Å². The molecular weight excluding hydrogens is 267 g/mol. The third-order valence-corrected chi connectivity index (χ3v) is 3.53. The lowest BCUT2D eigenvalue weighted by atomic mass is 10.1.